The first-order valence-electron chi connectivity index (χ1n) is 10.1. The molecule has 1 aliphatic rings. The predicted octanol–water partition coefficient (Wildman–Crippen LogP) is 2.49. The summed E-state index contributed by atoms with van der Waals surface area (Å²) in [6.07, 6.45) is 5.95. The molecule has 1 aromatic rings. The van der Waals surface area contributed by atoms with Crippen molar-refractivity contribution in [2.45, 2.75) is 65.5 Å². The Morgan fingerprint density at radius 1 is 1.26 bits per heavy atom. The molecule has 2 N–H and O–H groups in total. The van der Waals surface area contributed by atoms with Gasteiger partial charge in [0.1, 0.15) is 0 Å². The van der Waals surface area contributed by atoms with Crippen LogP contribution >= 0.6 is 0 Å². The smallest absolute Gasteiger partial charge is 0.225 e. The van der Waals surface area contributed by atoms with E-state index in [-0.39, 0.29) is 17.9 Å². The summed E-state index contributed by atoms with van der Waals surface area (Å²) >= 11 is 0. The fourth-order valence-electron chi connectivity index (χ4n) is 3.25. The summed E-state index contributed by atoms with van der Waals surface area (Å²) in [5, 5.41) is 6.34. The number of hydrogen-bond acceptors (Lipinski definition) is 4. The normalized spacial score (nSPS) is 17.8. The molecule has 6 heteroatoms. The third-order valence-corrected chi connectivity index (χ3v) is 4.90. The fraction of sp³-hybridized carbons (Fsp3) is 0.667. The van der Waals surface area contributed by atoms with Crippen LogP contribution < -0.4 is 10.6 Å². The van der Waals surface area contributed by atoms with E-state index in [0.29, 0.717) is 25.9 Å². The summed E-state index contributed by atoms with van der Waals surface area (Å²) in [6.45, 7) is 8.72. The molecule has 6 nitrogen and oxygen atoms in total. The molecule has 1 aliphatic heterocycles. The van der Waals surface area contributed by atoms with Crippen LogP contribution in [0.5, 0.6) is 0 Å². The molecule has 0 aromatic carbocycles. The van der Waals surface area contributed by atoms with E-state index < -0.39 is 5.41 Å². The highest BCUT2D eigenvalue weighted by atomic mass is 16.2. The maximum atomic E-state index is 13.0. The molecule has 1 saturated heterocycles. The van der Waals surface area contributed by atoms with Crippen molar-refractivity contribution < 1.29 is 9.59 Å². The number of carbonyl (C=O) groups excluding carboxylic acids is 2. The van der Waals surface area contributed by atoms with Crippen LogP contribution in [0, 0.1) is 5.41 Å². The molecule has 1 atom stereocenters. The van der Waals surface area contributed by atoms with E-state index >= 15 is 0 Å². The minimum Gasteiger partial charge on any atom is -0.356 e. The number of hydrogen-bond donors (Lipinski definition) is 2. The number of rotatable bonds is 7. The Hall–Kier alpha value is -1.95. The van der Waals surface area contributed by atoms with Crippen molar-refractivity contribution in [3.8, 4) is 0 Å². The highest BCUT2D eigenvalue weighted by Crippen LogP contribution is 2.18. The first-order valence-corrected chi connectivity index (χ1v) is 10.1. The molecule has 2 heterocycles. The van der Waals surface area contributed by atoms with Gasteiger partial charge < -0.3 is 15.5 Å². The molecule has 150 valence electrons. The molecular weight excluding hydrogens is 340 g/mol. The van der Waals surface area contributed by atoms with Crippen molar-refractivity contribution in [3.63, 3.8) is 0 Å². The van der Waals surface area contributed by atoms with E-state index in [4.69, 9.17) is 0 Å². The minimum absolute atomic E-state index is 0.0233. The lowest BCUT2D eigenvalue weighted by Crippen LogP contribution is -2.41. The quantitative estimate of drug-likeness (QED) is 0.719. The van der Waals surface area contributed by atoms with Gasteiger partial charge in [-0.25, -0.2) is 0 Å². The lowest BCUT2D eigenvalue weighted by atomic mass is 9.96. The Kier molecular flexibility index (Phi) is 8.23. The monoisotopic (exact) mass is 374 g/mol. The second-order valence-electron chi connectivity index (χ2n) is 8.29. The Bertz CT molecular complexity index is 590. The van der Waals surface area contributed by atoms with E-state index in [2.05, 4.69) is 15.6 Å². The van der Waals surface area contributed by atoms with Crippen LogP contribution in [0.4, 0.5) is 0 Å². The number of nitrogens with one attached hydrogen (secondary N) is 2. The van der Waals surface area contributed by atoms with Crippen molar-refractivity contribution >= 4 is 11.8 Å². The van der Waals surface area contributed by atoms with Crippen LogP contribution in [0.3, 0.4) is 0 Å². The SMILES string of the molecule is CC(C)(C)C(=O)NCCCC(=O)N(Cc1ccccn1)C1CCCNCC1. The average molecular weight is 375 g/mol. The van der Waals surface area contributed by atoms with Gasteiger partial charge >= 0.3 is 0 Å². The summed E-state index contributed by atoms with van der Waals surface area (Å²) < 4.78 is 0. The number of pyridine rings is 1. The molecule has 2 amide bonds. The maximum absolute atomic E-state index is 13.0. The second kappa shape index (κ2) is 10.4. The summed E-state index contributed by atoms with van der Waals surface area (Å²) in [7, 11) is 0. The lowest BCUT2D eigenvalue weighted by molar-refractivity contribution is -0.135. The third-order valence-electron chi connectivity index (χ3n) is 4.90. The zero-order valence-electron chi connectivity index (χ0n) is 17.0. The van der Waals surface area contributed by atoms with Gasteiger partial charge in [-0.05, 0) is 50.9 Å². The number of aromatic nitrogens is 1. The topological polar surface area (TPSA) is 74.3 Å². The van der Waals surface area contributed by atoms with Gasteiger partial charge in [0.25, 0.3) is 0 Å². The molecule has 1 fully saturated rings. The van der Waals surface area contributed by atoms with Gasteiger partial charge in [-0.1, -0.05) is 26.8 Å². The summed E-state index contributed by atoms with van der Waals surface area (Å²) in [4.78, 5) is 31.3. The lowest BCUT2D eigenvalue weighted by Gasteiger charge is -2.31. The average Bonchev–Trinajstić information content (AvgIpc) is 2.92. The predicted molar refractivity (Wildman–Crippen MR) is 107 cm³/mol. The highest BCUT2D eigenvalue weighted by Gasteiger charge is 2.25. The summed E-state index contributed by atoms with van der Waals surface area (Å²) in [6, 6.07) is 6.07. The molecule has 27 heavy (non-hydrogen) atoms. The molecule has 0 aliphatic carbocycles. The van der Waals surface area contributed by atoms with Gasteiger partial charge in [0.05, 0.1) is 12.2 Å². The third kappa shape index (κ3) is 7.29. The number of nitrogens with zero attached hydrogens (tertiary/aromatic N) is 2. The van der Waals surface area contributed by atoms with Crippen LogP contribution in [0.1, 0.15) is 58.6 Å². The fourth-order valence-corrected chi connectivity index (χ4v) is 3.25. The van der Waals surface area contributed by atoms with Gasteiger partial charge in [-0.15, -0.1) is 0 Å². The summed E-state index contributed by atoms with van der Waals surface area (Å²) in [5.74, 6) is 0.174. The van der Waals surface area contributed by atoms with Crippen LogP contribution in [0.15, 0.2) is 24.4 Å². The van der Waals surface area contributed by atoms with Crippen molar-refractivity contribution in [2.24, 2.45) is 5.41 Å². The van der Waals surface area contributed by atoms with Crippen molar-refractivity contribution in [2.75, 3.05) is 19.6 Å². The first kappa shape index (κ1) is 21.4. The summed E-state index contributed by atoms with van der Waals surface area (Å²) in [5.41, 5.74) is 0.520. The van der Waals surface area contributed by atoms with E-state index in [9.17, 15) is 9.59 Å². The molecule has 2 rings (SSSR count). The Morgan fingerprint density at radius 2 is 2.07 bits per heavy atom. The van der Waals surface area contributed by atoms with Crippen LogP contribution in [0.25, 0.3) is 0 Å². The molecule has 1 aromatic heterocycles. The van der Waals surface area contributed by atoms with Gasteiger partial charge in [0.2, 0.25) is 11.8 Å². The van der Waals surface area contributed by atoms with Crippen molar-refractivity contribution in [1.29, 1.82) is 0 Å². The van der Waals surface area contributed by atoms with E-state index in [1.165, 1.54) is 0 Å². The van der Waals surface area contributed by atoms with Gasteiger partial charge in [-0.3, -0.25) is 14.6 Å². The largest absolute Gasteiger partial charge is 0.356 e. The molecule has 0 radical (unpaired) electrons. The van der Waals surface area contributed by atoms with Crippen LogP contribution in [-0.4, -0.2) is 47.4 Å². The second-order valence-corrected chi connectivity index (χ2v) is 8.29. The Balaban J connectivity index is 1.93. The molecule has 0 saturated carbocycles. The Morgan fingerprint density at radius 3 is 2.78 bits per heavy atom. The van der Waals surface area contributed by atoms with Gasteiger partial charge in [0.15, 0.2) is 0 Å². The van der Waals surface area contributed by atoms with Gasteiger partial charge in [0, 0.05) is 30.6 Å². The zero-order valence-corrected chi connectivity index (χ0v) is 17.0. The standard InChI is InChI=1S/C21H34N4O2/c1-21(2,3)20(27)24-14-7-10-19(26)25(16-17-8-4-5-13-23-17)18-9-6-12-22-15-11-18/h4-5,8,13,18,22H,6-7,9-12,14-16H2,1-3H3,(H,24,27). The minimum atomic E-state index is -0.400. The number of amides is 2. The maximum Gasteiger partial charge on any atom is 0.225 e. The molecule has 0 spiro atoms. The zero-order chi connectivity index (χ0) is 19.7. The number of carbonyl (C=O) groups is 2. The van der Waals surface area contributed by atoms with Crippen molar-refractivity contribution in [1.82, 2.24) is 20.5 Å². The molecule has 1 unspecified atom stereocenters. The Labute approximate surface area is 163 Å². The molecular formula is C21H34N4O2. The molecule has 0 bridgehead atoms. The van der Waals surface area contributed by atoms with Gasteiger partial charge in [-0.2, -0.15) is 0 Å². The van der Waals surface area contributed by atoms with Crippen LogP contribution in [0.2, 0.25) is 0 Å². The highest BCUT2D eigenvalue weighted by molar-refractivity contribution is 5.81. The van der Waals surface area contributed by atoms with E-state index in [0.717, 1.165) is 38.0 Å². The van der Waals surface area contributed by atoms with E-state index in [1.54, 1.807) is 6.20 Å². The first-order chi connectivity index (χ1) is 12.9. The van der Waals surface area contributed by atoms with E-state index in [1.807, 2.05) is 43.9 Å². The van der Waals surface area contributed by atoms with Crippen LogP contribution in [-0.2, 0) is 16.1 Å². The van der Waals surface area contributed by atoms with Crippen molar-refractivity contribution in [3.05, 3.63) is 30.1 Å².